The molecule has 4 heterocycles. The van der Waals surface area contributed by atoms with Crippen molar-refractivity contribution in [1.29, 1.82) is 0 Å². The van der Waals surface area contributed by atoms with E-state index in [4.69, 9.17) is 14.2 Å². The lowest BCUT2D eigenvalue weighted by Crippen LogP contribution is -2.57. The minimum absolute atomic E-state index is 0.119. The van der Waals surface area contributed by atoms with Gasteiger partial charge in [-0.1, -0.05) is 24.3 Å². The Hall–Kier alpha value is -4.83. The van der Waals surface area contributed by atoms with Gasteiger partial charge in [-0.15, -0.1) is 0 Å². The van der Waals surface area contributed by atoms with E-state index in [1.165, 1.54) is 0 Å². The highest BCUT2D eigenvalue weighted by molar-refractivity contribution is 5.96. The number of nitrogens with one attached hydrogen (secondary N) is 2. The Bertz CT molecular complexity index is 1620. The summed E-state index contributed by atoms with van der Waals surface area (Å²) in [7, 11) is 3.60. The van der Waals surface area contributed by atoms with Gasteiger partial charge in [0.2, 0.25) is 0 Å². The molecule has 4 aromatic rings. The molecule has 0 radical (unpaired) electrons. The van der Waals surface area contributed by atoms with Crippen molar-refractivity contribution in [3.05, 3.63) is 96.1 Å². The molecular formula is C34H37N5O5. The highest BCUT2D eigenvalue weighted by atomic mass is 16.5. The Morgan fingerprint density at radius 1 is 1.02 bits per heavy atom. The zero-order valence-electron chi connectivity index (χ0n) is 25.0. The van der Waals surface area contributed by atoms with E-state index in [0.717, 1.165) is 48.4 Å². The molecule has 2 N–H and O–H groups in total. The van der Waals surface area contributed by atoms with Crippen LogP contribution in [0.5, 0.6) is 17.2 Å². The van der Waals surface area contributed by atoms with E-state index >= 15 is 0 Å². The average Bonchev–Trinajstić information content (AvgIpc) is 3.47. The number of rotatable bonds is 4. The Morgan fingerprint density at radius 3 is 2.68 bits per heavy atom. The molecule has 228 valence electrons. The summed E-state index contributed by atoms with van der Waals surface area (Å²) in [4.78, 5) is 33.1. The number of amides is 2. The summed E-state index contributed by atoms with van der Waals surface area (Å²) in [5, 5.41) is 6.19. The molecular weight excluding hydrogens is 558 g/mol. The van der Waals surface area contributed by atoms with Crippen LogP contribution >= 0.6 is 0 Å². The minimum atomic E-state index is -0.246. The third-order valence-corrected chi connectivity index (χ3v) is 8.20. The van der Waals surface area contributed by atoms with Gasteiger partial charge in [0.1, 0.15) is 29.2 Å². The van der Waals surface area contributed by atoms with Crippen LogP contribution in [0.15, 0.2) is 79.1 Å². The molecule has 1 saturated heterocycles. The van der Waals surface area contributed by atoms with Crippen molar-refractivity contribution >= 4 is 11.8 Å². The number of imidazole rings is 1. The van der Waals surface area contributed by atoms with Crippen LogP contribution in [0.4, 0.5) is 0 Å². The number of carbonyl (C=O) groups excluding carboxylic acids is 2. The second kappa shape index (κ2) is 13.2. The van der Waals surface area contributed by atoms with Gasteiger partial charge in [0.15, 0.2) is 6.61 Å². The summed E-state index contributed by atoms with van der Waals surface area (Å²) in [6.45, 7) is 2.57. The number of methoxy groups -OCH3 is 1. The largest absolute Gasteiger partial charge is 0.496 e. The Balaban J connectivity index is 1.30. The molecule has 6 bridgehead atoms. The third-order valence-electron chi connectivity index (χ3n) is 8.20. The predicted octanol–water partition coefficient (Wildman–Crippen LogP) is 3.60. The molecule has 3 aliphatic heterocycles. The number of aryl methyl sites for hydroxylation is 1. The van der Waals surface area contributed by atoms with E-state index in [9.17, 15) is 9.59 Å². The second-order valence-electron chi connectivity index (χ2n) is 11.2. The maximum absolute atomic E-state index is 13.8. The van der Waals surface area contributed by atoms with Crippen LogP contribution in [0.1, 0.15) is 28.2 Å². The summed E-state index contributed by atoms with van der Waals surface area (Å²) < 4.78 is 20.0. The van der Waals surface area contributed by atoms with Gasteiger partial charge in [-0.05, 0) is 60.0 Å². The fraction of sp³-hybridized carbons (Fsp3) is 0.324. The van der Waals surface area contributed by atoms with Crippen molar-refractivity contribution in [1.82, 2.24) is 25.1 Å². The number of benzene rings is 3. The van der Waals surface area contributed by atoms with Gasteiger partial charge in [-0.25, -0.2) is 4.98 Å². The first kappa shape index (κ1) is 29.3. The zero-order chi connectivity index (χ0) is 30.5. The molecule has 1 fully saturated rings. The number of carbonyl (C=O) groups is 2. The molecule has 0 spiro atoms. The topological polar surface area (TPSA) is 107 Å². The molecule has 10 nitrogen and oxygen atoms in total. The number of fused-ring (bicyclic) bond motifs is 7. The van der Waals surface area contributed by atoms with E-state index in [1.54, 1.807) is 25.3 Å². The number of ether oxygens (including phenoxy) is 3. The number of piperidine rings is 1. The molecule has 3 aliphatic rings. The van der Waals surface area contributed by atoms with Crippen molar-refractivity contribution in [2.45, 2.75) is 31.5 Å². The first-order valence-electron chi connectivity index (χ1n) is 14.9. The molecule has 0 aliphatic carbocycles. The van der Waals surface area contributed by atoms with Crippen molar-refractivity contribution in [3.8, 4) is 28.4 Å². The van der Waals surface area contributed by atoms with Crippen LogP contribution < -0.4 is 24.8 Å². The molecule has 3 aromatic carbocycles. The predicted molar refractivity (Wildman–Crippen MR) is 166 cm³/mol. The Morgan fingerprint density at radius 2 is 1.89 bits per heavy atom. The van der Waals surface area contributed by atoms with Gasteiger partial charge in [0.25, 0.3) is 11.8 Å². The summed E-state index contributed by atoms with van der Waals surface area (Å²) in [6, 6.07) is 20.3. The molecule has 0 unspecified atom stereocenters. The normalized spacial score (nSPS) is 19.1. The maximum atomic E-state index is 13.8. The summed E-state index contributed by atoms with van der Waals surface area (Å²) in [5.74, 6) is 2.50. The number of likely N-dealkylation sites (tertiary alicyclic amines) is 1. The molecule has 44 heavy (non-hydrogen) atoms. The van der Waals surface area contributed by atoms with E-state index in [0.29, 0.717) is 35.9 Å². The fourth-order valence-electron chi connectivity index (χ4n) is 5.72. The standard InChI is InChI=1S/C34H37N5O5/c1-38-17-14-35-32(38)13-16-39-15-12-31-29(21-39)37-34(41)25-8-11-30(42-2)28(19-25)24-4-3-5-27(18-24)43-22-33(40)36-20-23-6-9-26(44-31)10-7-23/h3-11,14,17-19,29,31H,12-13,15-16,20-22H2,1-2H3,(H,36,40)(H,37,41)/t29-,31-/m1/s1. The molecule has 2 amide bonds. The number of nitrogens with zero attached hydrogens (tertiary/aromatic N) is 3. The summed E-state index contributed by atoms with van der Waals surface area (Å²) >= 11 is 0. The van der Waals surface area contributed by atoms with E-state index in [1.807, 2.05) is 72.5 Å². The van der Waals surface area contributed by atoms with E-state index < -0.39 is 0 Å². The number of hydrogen-bond donors (Lipinski definition) is 2. The number of hydrogen-bond acceptors (Lipinski definition) is 7. The lowest BCUT2D eigenvalue weighted by Gasteiger charge is -2.39. The lowest BCUT2D eigenvalue weighted by molar-refractivity contribution is -0.123. The highest BCUT2D eigenvalue weighted by Gasteiger charge is 2.32. The first-order valence-corrected chi connectivity index (χ1v) is 14.9. The first-order chi connectivity index (χ1) is 21.4. The molecule has 1 aromatic heterocycles. The van der Waals surface area contributed by atoms with Gasteiger partial charge in [0.05, 0.1) is 13.2 Å². The lowest BCUT2D eigenvalue weighted by atomic mass is 9.99. The second-order valence-corrected chi connectivity index (χ2v) is 11.2. The third kappa shape index (κ3) is 6.86. The van der Waals surface area contributed by atoms with Crippen LogP contribution in [0, 0.1) is 0 Å². The van der Waals surface area contributed by atoms with Crippen LogP contribution in [-0.4, -0.2) is 71.8 Å². The Labute approximate surface area is 256 Å². The van der Waals surface area contributed by atoms with Crippen molar-refractivity contribution in [3.63, 3.8) is 0 Å². The van der Waals surface area contributed by atoms with Crippen molar-refractivity contribution < 1.29 is 23.8 Å². The van der Waals surface area contributed by atoms with Crippen LogP contribution in [0.2, 0.25) is 0 Å². The van der Waals surface area contributed by atoms with Gasteiger partial charge >= 0.3 is 0 Å². The van der Waals surface area contributed by atoms with E-state index in [-0.39, 0.29) is 30.6 Å². The van der Waals surface area contributed by atoms with Crippen molar-refractivity contribution in [2.24, 2.45) is 7.05 Å². The van der Waals surface area contributed by atoms with Gasteiger partial charge in [-0.2, -0.15) is 0 Å². The molecule has 2 atom stereocenters. The molecule has 10 heteroatoms. The van der Waals surface area contributed by atoms with Gasteiger partial charge in [0, 0.05) is 63.2 Å². The Kier molecular flexibility index (Phi) is 8.79. The summed E-state index contributed by atoms with van der Waals surface area (Å²) in [6.07, 6.45) is 5.13. The minimum Gasteiger partial charge on any atom is -0.496 e. The highest BCUT2D eigenvalue weighted by Crippen LogP contribution is 2.33. The summed E-state index contributed by atoms with van der Waals surface area (Å²) in [5.41, 5.74) is 3.01. The molecule has 7 rings (SSSR count). The molecule has 0 saturated carbocycles. The number of aromatic nitrogens is 2. The van der Waals surface area contributed by atoms with Gasteiger partial charge in [-0.3, -0.25) is 9.59 Å². The quantitative estimate of drug-likeness (QED) is 0.371. The van der Waals surface area contributed by atoms with Crippen LogP contribution in [0.25, 0.3) is 11.1 Å². The van der Waals surface area contributed by atoms with Crippen molar-refractivity contribution in [2.75, 3.05) is 33.4 Å². The average molecular weight is 596 g/mol. The fourth-order valence-corrected chi connectivity index (χ4v) is 5.72. The monoisotopic (exact) mass is 595 g/mol. The van der Waals surface area contributed by atoms with Crippen LogP contribution in [-0.2, 0) is 24.8 Å². The smallest absolute Gasteiger partial charge is 0.258 e. The van der Waals surface area contributed by atoms with Gasteiger partial charge < -0.3 is 34.3 Å². The van der Waals surface area contributed by atoms with Crippen LogP contribution in [0.3, 0.4) is 0 Å². The van der Waals surface area contributed by atoms with E-state index in [2.05, 4.69) is 20.5 Å². The zero-order valence-corrected chi connectivity index (χ0v) is 25.0. The SMILES string of the molecule is COc1ccc2cc1-c1cccc(c1)OCC(=O)NCc1ccc(cc1)O[C@@H]1CCN(CCc3nccn3C)C[C@H]1NC2=O. The maximum Gasteiger partial charge on any atom is 0.258 e.